The van der Waals surface area contributed by atoms with Crippen molar-refractivity contribution in [2.45, 2.75) is 83.9 Å². The standard InChI is InChI=1S/C21H34N4O2/c1-3-12-25(20(26)19-15-14-22-11-8-16(15)23-24-19)17-13-18(27-4-2)21(17)9-6-5-7-10-21/h17-18,22H,3-14H2,1-2H3,(H,23,24). The van der Waals surface area contributed by atoms with Gasteiger partial charge in [-0.15, -0.1) is 0 Å². The molecule has 27 heavy (non-hydrogen) atoms. The minimum absolute atomic E-state index is 0.114. The molecule has 1 aromatic rings. The van der Waals surface area contributed by atoms with Crippen LogP contribution >= 0.6 is 0 Å². The van der Waals surface area contributed by atoms with Crippen molar-refractivity contribution in [1.29, 1.82) is 0 Å². The normalized spacial score (nSPS) is 26.4. The Hall–Kier alpha value is -1.40. The zero-order valence-electron chi connectivity index (χ0n) is 16.9. The smallest absolute Gasteiger partial charge is 0.274 e. The average Bonchev–Trinajstić information content (AvgIpc) is 3.14. The van der Waals surface area contributed by atoms with Crippen molar-refractivity contribution in [2.75, 3.05) is 19.7 Å². The summed E-state index contributed by atoms with van der Waals surface area (Å²) in [7, 11) is 0. The minimum atomic E-state index is 0.114. The molecule has 1 aromatic heterocycles. The Morgan fingerprint density at radius 3 is 2.85 bits per heavy atom. The van der Waals surface area contributed by atoms with Crippen LogP contribution in [0.5, 0.6) is 0 Å². The number of rotatable bonds is 6. The molecule has 2 unspecified atom stereocenters. The first-order chi connectivity index (χ1) is 13.2. The number of ether oxygens (including phenoxy) is 1. The van der Waals surface area contributed by atoms with Gasteiger partial charge in [-0.1, -0.05) is 26.2 Å². The molecular formula is C21H34N4O2. The van der Waals surface area contributed by atoms with E-state index < -0.39 is 0 Å². The minimum Gasteiger partial charge on any atom is -0.378 e. The van der Waals surface area contributed by atoms with Gasteiger partial charge in [0.25, 0.3) is 5.91 Å². The molecule has 2 atom stereocenters. The number of carbonyl (C=O) groups is 1. The van der Waals surface area contributed by atoms with Crippen molar-refractivity contribution in [1.82, 2.24) is 20.4 Å². The van der Waals surface area contributed by atoms with Crippen LogP contribution in [0.4, 0.5) is 0 Å². The van der Waals surface area contributed by atoms with Gasteiger partial charge >= 0.3 is 0 Å². The largest absolute Gasteiger partial charge is 0.378 e. The summed E-state index contributed by atoms with van der Waals surface area (Å²) in [6.07, 6.45) is 9.40. The topological polar surface area (TPSA) is 70.2 Å². The summed E-state index contributed by atoms with van der Waals surface area (Å²) in [6.45, 7) is 7.50. The maximum atomic E-state index is 13.6. The van der Waals surface area contributed by atoms with E-state index in [0.29, 0.717) is 17.8 Å². The molecule has 6 nitrogen and oxygen atoms in total. The van der Waals surface area contributed by atoms with Gasteiger partial charge in [-0.3, -0.25) is 9.89 Å². The molecule has 0 radical (unpaired) electrons. The highest BCUT2D eigenvalue weighted by Crippen LogP contribution is 2.55. The maximum absolute atomic E-state index is 13.6. The van der Waals surface area contributed by atoms with Gasteiger partial charge in [-0.25, -0.2) is 0 Å². The fourth-order valence-electron chi connectivity index (χ4n) is 5.64. The van der Waals surface area contributed by atoms with E-state index in [-0.39, 0.29) is 11.3 Å². The fraction of sp³-hybridized carbons (Fsp3) is 0.810. The van der Waals surface area contributed by atoms with Crippen molar-refractivity contribution in [3.63, 3.8) is 0 Å². The van der Waals surface area contributed by atoms with Gasteiger partial charge < -0.3 is 15.0 Å². The molecule has 1 spiro atoms. The molecular weight excluding hydrogens is 340 g/mol. The number of fused-ring (bicyclic) bond motifs is 1. The summed E-state index contributed by atoms with van der Waals surface area (Å²) in [5.41, 5.74) is 3.00. The third-order valence-electron chi connectivity index (χ3n) is 7.01. The number of hydrogen-bond donors (Lipinski definition) is 2. The van der Waals surface area contributed by atoms with E-state index in [4.69, 9.17) is 4.74 Å². The highest BCUT2D eigenvalue weighted by atomic mass is 16.5. The van der Waals surface area contributed by atoms with E-state index in [1.54, 1.807) is 0 Å². The molecule has 6 heteroatoms. The second kappa shape index (κ2) is 7.92. The number of aromatic nitrogens is 2. The monoisotopic (exact) mass is 374 g/mol. The van der Waals surface area contributed by atoms with Crippen LogP contribution in [-0.2, 0) is 17.7 Å². The number of amides is 1. The molecule has 2 saturated carbocycles. The highest BCUT2D eigenvalue weighted by molar-refractivity contribution is 5.94. The molecule has 0 saturated heterocycles. The third-order valence-corrected chi connectivity index (χ3v) is 7.01. The Bertz CT molecular complexity index is 665. The van der Waals surface area contributed by atoms with Crippen LogP contribution in [0.3, 0.4) is 0 Å². The molecule has 2 fully saturated rings. The van der Waals surface area contributed by atoms with Crippen LogP contribution in [0.2, 0.25) is 0 Å². The molecule has 0 bridgehead atoms. The molecule has 0 aromatic carbocycles. The van der Waals surface area contributed by atoms with E-state index >= 15 is 0 Å². The summed E-state index contributed by atoms with van der Waals surface area (Å²) in [6, 6.07) is 0.297. The van der Waals surface area contributed by atoms with Gasteiger partial charge in [-0.05, 0) is 32.6 Å². The van der Waals surface area contributed by atoms with Crippen LogP contribution in [0.1, 0.15) is 80.5 Å². The number of aromatic amines is 1. The quantitative estimate of drug-likeness (QED) is 0.803. The Labute approximate surface area is 162 Å². The van der Waals surface area contributed by atoms with Crippen LogP contribution in [0, 0.1) is 5.41 Å². The van der Waals surface area contributed by atoms with E-state index in [2.05, 4.69) is 34.3 Å². The molecule has 3 aliphatic rings. The van der Waals surface area contributed by atoms with Crippen LogP contribution in [0.25, 0.3) is 0 Å². The lowest BCUT2D eigenvalue weighted by Gasteiger charge is -2.60. The summed E-state index contributed by atoms with van der Waals surface area (Å²) in [5.74, 6) is 0.114. The Kier molecular flexibility index (Phi) is 5.55. The third kappa shape index (κ3) is 3.21. The van der Waals surface area contributed by atoms with Gasteiger partial charge in [0.2, 0.25) is 0 Å². The van der Waals surface area contributed by atoms with E-state index in [9.17, 15) is 4.79 Å². The van der Waals surface area contributed by atoms with Crippen LogP contribution in [-0.4, -0.2) is 52.8 Å². The fourth-order valence-corrected chi connectivity index (χ4v) is 5.64. The maximum Gasteiger partial charge on any atom is 0.274 e. The zero-order chi connectivity index (χ0) is 18.9. The number of nitrogens with one attached hydrogen (secondary N) is 2. The first-order valence-electron chi connectivity index (χ1n) is 10.9. The first kappa shape index (κ1) is 18.9. The average molecular weight is 375 g/mol. The van der Waals surface area contributed by atoms with Gasteiger partial charge in [0.1, 0.15) is 0 Å². The van der Waals surface area contributed by atoms with Crippen molar-refractivity contribution in [2.24, 2.45) is 5.41 Å². The van der Waals surface area contributed by atoms with E-state index in [1.165, 1.54) is 32.1 Å². The molecule has 150 valence electrons. The number of hydrogen-bond acceptors (Lipinski definition) is 4. The van der Waals surface area contributed by atoms with Gasteiger partial charge in [-0.2, -0.15) is 5.10 Å². The molecule has 2 aliphatic carbocycles. The van der Waals surface area contributed by atoms with Crippen molar-refractivity contribution in [3.05, 3.63) is 17.0 Å². The lowest BCUT2D eigenvalue weighted by atomic mass is 9.54. The Balaban J connectivity index is 1.60. The summed E-state index contributed by atoms with van der Waals surface area (Å²) in [4.78, 5) is 15.7. The molecule has 4 rings (SSSR count). The van der Waals surface area contributed by atoms with Crippen LogP contribution in [0.15, 0.2) is 0 Å². The molecule has 1 amide bonds. The summed E-state index contributed by atoms with van der Waals surface area (Å²) >= 11 is 0. The van der Waals surface area contributed by atoms with Crippen molar-refractivity contribution >= 4 is 5.91 Å². The summed E-state index contributed by atoms with van der Waals surface area (Å²) in [5, 5.41) is 10.9. The predicted octanol–water partition coefficient (Wildman–Crippen LogP) is 3.04. The highest BCUT2D eigenvalue weighted by Gasteiger charge is 2.58. The zero-order valence-corrected chi connectivity index (χ0v) is 16.9. The lowest BCUT2D eigenvalue weighted by Crippen LogP contribution is -2.66. The Morgan fingerprint density at radius 2 is 2.11 bits per heavy atom. The lowest BCUT2D eigenvalue weighted by molar-refractivity contribution is -0.174. The SMILES string of the molecule is CCCN(C(=O)c1n[nH]c2c1CNCC2)C1CC(OCC)C12CCCCC2. The van der Waals surface area contributed by atoms with Crippen LogP contribution < -0.4 is 5.32 Å². The van der Waals surface area contributed by atoms with E-state index in [1.807, 2.05) is 0 Å². The van der Waals surface area contributed by atoms with Crippen molar-refractivity contribution < 1.29 is 9.53 Å². The predicted molar refractivity (Wildman–Crippen MR) is 105 cm³/mol. The second-order valence-electron chi connectivity index (χ2n) is 8.44. The molecule has 2 N–H and O–H groups in total. The van der Waals surface area contributed by atoms with Gasteiger partial charge in [0.15, 0.2) is 5.69 Å². The Morgan fingerprint density at radius 1 is 1.30 bits per heavy atom. The molecule has 2 heterocycles. The number of nitrogens with zero attached hydrogens (tertiary/aromatic N) is 2. The first-order valence-corrected chi connectivity index (χ1v) is 10.9. The molecule has 1 aliphatic heterocycles. The second-order valence-corrected chi connectivity index (χ2v) is 8.44. The summed E-state index contributed by atoms with van der Waals surface area (Å²) < 4.78 is 6.12. The van der Waals surface area contributed by atoms with E-state index in [0.717, 1.165) is 56.8 Å². The number of H-pyrrole nitrogens is 1. The van der Waals surface area contributed by atoms with Gasteiger partial charge in [0, 0.05) is 55.4 Å². The van der Waals surface area contributed by atoms with Gasteiger partial charge in [0.05, 0.1) is 6.10 Å². The number of carbonyl (C=O) groups excluding carboxylic acids is 1. The van der Waals surface area contributed by atoms with Crippen molar-refractivity contribution in [3.8, 4) is 0 Å².